The predicted octanol–water partition coefficient (Wildman–Crippen LogP) is 1.80. The number of hydrogen-bond donors (Lipinski definition) is 0. The van der Waals surface area contributed by atoms with Crippen molar-refractivity contribution in [1.29, 1.82) is 5.26 Å². The number of benzene rings is 1. The second-order valence-electron chi connectivity index (χ2n) is 4.57. The molecule has 0 N–H and O–H groups in total. The maximum atomic E-state index is 9.62. The highest BCUT2D eigenvalue weighted by atomic mass is 16.5. The van der Waals surface area contributed by atoms with Gasteiger partial charge in [0.05, 0.1) is 32.2 Å². The van der Waals surface area contributed by atoms with Crippen LogP contribution in [0.2, 0.25) is 0 Å². The van der Waals surface area contributed by atoms with E-state index in [4.69, 9.17) is 9.47 Å². The molecule has 0 saturated heterocycles. The van der Waals surface area contributed by atoms with Gasteiger partial charge < -0.3 is 9.47 Å². The maximum absolute atomic E-state index is 9.62. The standard InChI is InChI=1S/C15H13N5O2/c1-21-13-4-3-10(5-14(13)22-2)11(6-16)12-7-17-8-15-19-18-9-20(12)15/h3-5,7-9,11H,1-2H3/t11-/m1/s1. The van der Waals surface area contributed by atoms with Crippen LogP contribution in [0.5, 0.6) is 11.5 Å². The summed E-state index contributed by atoms with van der Waals surface area (Å²) >= 11 is 0. The minimum Gasteiger partial charge on any atom is -0.493 e. The fourth-order valence-corrected chi connectivity index (χ4v) is 2.33. The van der Waals surface area contributed by atoms with Crippen LogP contribution >= 0.6 is 0 Å². The molecule has 0 unspecified atom stereocenters. The lowest BCUT2D eigenvalue weighted by molar-refractivity contribution is 0.354. The van der Waals surface area contributed by atoms with E-state index < -0.39 is 5.92 Å². The molecule has 1 atom stereocenters. The third-order valence-electron chi connectivity index (χ3n) is 3.41. The van der Waals surface area contributed by atoms with Gasteiger partial charge in [-0.15, -0.1) is 10.2 Å². The Labute approximate surface area is 126 Å². The van der Waals surface area contributed by atoms with Gasteiger partial charge in [0.25, 0.3) is 0 Å². The fourth-order valence-electron chi connectivity index (χ4n) is 2.33. The molecule has 0 fully saturated rings. The zero-order chi connectivity index (χ0) is 15.5. The number of aromatic nitrogens is 4. The largest absolute Gasteiger partial charge is 0.493 e. The smallest absolute Gasteiger partial charge is 0.179 e. The van der Waals surface area contributed by atoms with Gasteiger partial charge in [-0.05, 0) is 17.7 Å². The van der Waals surface area contributed by atoms with Gasteiger partial charge in [-0.1, -0.05) is 6.07 Å². The van der Waals surface area contributed by atoms with Crippen molar-refractivity contribution in [2.45, 2.75) is 5.92 Å². The normalized spacial score (nSPS) is 11.9. The number of nitrogens with zero attached hydrogens (tertiary/aromatic N) is 5. The second kappa shape index (κ2) is 5.69. The van der Waals surface area contributed by atoms with Crippen molar-refractivity contribution in [3.05, 3.63) is 48.2 Å². The van der Waals surface area contributed by atoms with E-state index in [9.17, 15) is 5.26 Å². The van der Waals surface area contributed by atoms with Gasteiger partial charge in [-0.3, -0.25) is 9.38 Å². The number of nitriles is 1. The number of hydrogen-bond acceptors (Lipinski definition) is 6. The van der Waals surface area contributed by atoms with E-state index in [2.05, 4.69) is 21.3 Å². The Morgan fingerprint density at radius 3 is 2.73 bits per heavy atom. The molecule has 110 valence electrons. The molecule has 0 aliphatic heterocycles. The molecule has 0 spiro atoms. The Morgan fingerprint density at radius 1 is 1.18 bits per heavy atom. The van der Waals surface area contributed by atoms with E-state index in [1.54, 1.807) is 49.5 Å². The molecule has 22 heavy (non-hydrogen) atoms. The molecule has 3 rings (SSSR count). The van der Waals surface area contributed by atoms with Crippen molar-refractivity contribution < 1.29 is 9.47 Å². The molecule has 0 amide bonds. The van der Waals surface area contributed by atoms with Gasteiger partial charge in [0.15, 0.2) is 17.1 Å². The summed E-state index contributed by atoms with van der Waals surface area (Å²) in [6.45, 7) is 0. The van der Waals surface area contributed by atoms with Crippen LogP contribution in [0.4, 0.5) is 0 Å². The van der Waals surface area contributed by atoms with Crippen molar-refractivity contribution in [3.8, 4) is 17.6 Å². The van der Waals surface area contributed by atoms with Crippen LogP contribution in [0, 0.1) is 11.3 Å². The summed E-state index contributed by atoms with van der Waals surface area (Å²) in [6.07, 6.45) is 4.80. The van der Waals surface area contributed by atoms with Crippen molar-refractivity contribution >= 4 is 5.65 Å². The highest BCUT2D eigenvalue weighted by molar-refractivity contribution is 5.48. The lowest BCUT2D eigenvalue weighted by Crippen LogP contribution is -2.06. The summed E-state index contributed by atoms with van der Waals surface area (Å²) in [5.74, 6) is 0.666. The summed E-state index contributed by atoms with van der Waals surface area (Å²) in [5, 5.41) is 17.4. The first kappa shape index (κ1) is 13.8. The van der Waals surface area contributed by atoms with E-state index in [1.807, 2.05) is 6.07 Å². The minimum absolute atomic E-state index is 0.521. The quantitative estimate of drug-likeness (QED) is 0.729. The van der Waals surface area contributed by atoms with Crippen molar-refractivity contribution in [2.24, 2.45) is 0 Å². The van der Waals surface area contributed by atoms with Crippen LogP contribution in [-0.4, -0.2) is 33.8 Å². The van der Waals surface area contributed by atoms with E-state index in [-0.39, 0.29) is 0 Å². The molecule has 0 radical (unpaired) electrons. The first-order valence-corrected chi connectivity index (χ1v) is 6.53. The van der Waals surface area contributed by atoms with Gasteiger partial charge in [-0.2, -0.15) is 5.26 Å². The van der Waals surface area contributed by atoms with Gasteiger partial charge in [0.1, 0.15) is 12.2 Å². The first-order chi connectivity index (χ1) is 10.8. The van der Waals surface area contributed by atoms with Crippen LogP contribution < -0.4 is 9.47 Å². The van der Waals surface area contributed by atoms with Crippen molar-refractivity contribution in [1.82, 2.24) is 19.6 Å². The topological polar surface area (TPSA) is 85.3 Å². The molecule has 0 aliphatic rings. The van der Waals surface area contributed by atoms with E-state index >= 15 is 0 Å². The van der Waals surface area contributed by atoms with Gasteiger partial charge in [0.2, 0.25) is 0 Å². The van der Waals surface area contributed by atoms with Crippen molar-refractivity contribution in [3.63, 3.8) is 0 Å². The Kier molecular flexibility index (Phi) is 3.58. The summed E-state index contributed by atoms with van der Waals surface area (Å²) in [5.41, 5.74) is 2.07. The number of rotatable bonds is 4. The molecule has 0 saturated carbocycles. The van der Waals surface area contributed by atoms with Crippen molar-refractivity contribution in [2.75, 3.05) is 14.2 Å². The van der Waals surface area contributed by atoms with Gasteiger partial charge in [0, 0.05) is 6.20 Å². The lowest BCUT2D eigenvalue weighted by atomic mass is 9.97. The monoisotopic (exact) mass is 295 g/mol. The molecular weight excluding hydrogens is 282 g/mol. The Hall–Kier alpha value is -3.14. The molecule has 3 aromatic rings. The van der Waals surface area contributed by atoms with Crippen LogP contribution in [0.25, 0.3) is 5.65 Å². The van der Waals surface area contributed by atoms with E-state index in [0.29, 0.717) is 22.8 Å². The highest BCUT2D eigenvalue weighted by Crippen LogP contribution is 2.32. The Bertz CT molecular complexity index is 853. The van der Waals surface area contributed by atoms with Gasteiger partial charge in [-0.25, -0.2) is 0 Å². The molecule has 1 aromatic carbocycles. The number of fused-ring (bicyclic) bond motifs is 1. The summed E-state index contributed by atoms with van der Waals surface area (Å²) < 4.78 is 12.3. The second-order valence-corrected chi connectivity index (χ2v) is 4.57. The first-order valence-electron chi connectivity index (χ1n) is 6.53. The van der Waals surface area contributed by atoms with Crippen LogP contribution in [-0.2, 0) is 0 Å². The Morgan fingerprint density at radius 2 is 2.00 bits per heavy atom. The summed E-state index contributed by atoms with van der Waals surface area (Å²) in [6, 6.07) is 7.69. The molecule has 2 heterocycles. The fraction of sp³-hybridized carbons (Fsp3) is 0.200. The average molecular weight is 295 g/mol. The van der Waals surface area contributed by atoms with Gasteiger partial charge >= 0.3 is 0 Å². The van der Waals surface area contributed by atoms with Crippen LogP contribution in [0.15, 0.2) is 36.9 Å². The third kappa shape index (κ3) is 2.20. The number of ether oxygens (including phenoxy) is 2. The molecule has 7 nitrogen and oxygen atoms in total. The Balaban J connectivity index is 2.12. The molecule has 7 heteroatoms. The highest BCUT2D eigenvalue weighted by Gasteiger charge is 2.19. The zero-order valence-electron chi connectivity index (χ0n) is 12.1. The maximum Gasteiger partial charge on any atom is 0.179 e. The van der Waals surface area contributed by atoms with E-state index in [0.717, 1.165) is 5.56 Å². The third-order valence-corrected chi connectivity index (χ3v) is 3.41. The SMILES string of the molecule is COc1ccc([C@@H](C#N)c2cncc3nncn23)cc1OC. The molecular formula is C15H13N5O2. The van der Waals surface area contributed by atoms with E-state index in [1.165, 1.54) is 0 Å². The lowest BCUT2D eigenvalue weighted by Gasteiger charge is -2.14. The zero-order valence-corrected chi connectivity index (χ0v) is 12.1. The summed E-state index contributed by atoms with van der Waals surface area (Å²) in [4.78, 5) is 4.13. The average Bonchev–Trinajstić information content (AvgIpc) is 3.04. The minimum atomic E-state index is -0.521. The van der Waals surface area contributed by atoms with Crippen LogP contribution in [0.1, 0.15) is 17.2 Å². The number of methoxy groups -OCH3 is 2. The summed E-state index contributed by atoms with van der Waals surface area (Å²) in [7, 11) is 3.13. The molecule has 0 aliphatic carbocycles. The predicted molar refractivity (Wildman–Crippen MR) is 77.8 cm³/mol. The van der Waals surface area contributed by atoms with Crippen LogP contribution in [0.3, 0.4) is 0 Å². The molecule has 0 bridgehead atoms. The molecule has 2 aromatic heterocycles.